The van der Waals surface area contributed by atoms with E-state index in [9.17, 15) is 0 Å². The molecule has 0 unspecified atom stereocenters. The van der Waals surface area contributed by atoms with E-state index in [1.807, 2.05) is 6.07 Å². The molecule has 0 radical (unpaired) electrons. The molecule has 1 aromatic carbocycles. The van der Waals surface area contributed by atoms with Gasteiger partial charge in [0, 0.05) is 13.1 Å². The molecule has 0 atom stereocenters. The summed E-state index contributed by atoms with van der Waals surface area (Å²) in [6.45, 7) is 3.54. The Morgan fingerprint density at radius 3 is 2.73 bits per heavy atom. The van der Waals surface area contributed by atoms with Gasteiger partial charge in [0.1, 0.15) is 0 Å². The summed E-state index contributed by atoms with van der Waals surface area (Å²) in [5, 5.41) is 3.42. The molecule has 0 saturated carbocycles. The molecule has 1 aromatic rings. The van der Waals surface area contributed by atoms with Gasteiger partial charge in [0.05, 0.1) is 13.2 Å². The minimum atomic E-state index is 0.793. The molecule has 0 bridgehead atoms. The van der Waals surface area contributed by atoms with Crippen LogP contribution in [0, 0.1) is 0 Å². The molecule has 0 fully saturated rings. The van der Waals surface area contributed by atoms with Gasteiger partial charge in [-0.1, -0.05) is 36.4 Å². The molecule has 0 aromatic heterocycles. The molecular weight excluding hydrogens is 186 g/mol. The van der Waals surface area contributed by atoms with E-state index in [1.165, 1.54) is 11.1 Å². The van der Waals surface area contributed by atoms with Crippen molar-refractivity contribution in [1.29, 1.82) is 0 Å². The standard InChI is InChI=1S/C13H17NO/c1-2-5-12(6-3-1)9-14-10-13-7-4-8-15-11-13/h1-3,5-7,14H,4,8-11H2. The number of hydrogen-bond donors (Lipinski definition) is 1. The van der Waals surface area contributed by atoms with Crippen molar-refractivity contribution >= 4 is 0 Å². The fraction of sp³-hybridized carbons (Fsp3) is 0.385. The van der Waals surface area contributed by atoms with E-state index >= 15 is 0 Å². The van der Waals surface area contributed by atoms with Crippen LogP contribution in [0.25, 0.3) is 0 Å². The first-order valence-corrected chi connectivity index (χ1v) is 5.45. The summed E-state index contributed by atoms with van der Waals surface area (Å²) >= 11 is 0. The topological polar surface area (TPSA) is 21.3 Å². The van der Waals surface area contributed by atoms with Crippen LogP contribution >= 0.6 is 0 Å². The summed E-state index contributed by atoms with van der Waals surface area (Å²) in [6, 6.07) is 10.5. The van der Waals surface area contributed by atoms with E-state index in [0.717, 1.165) is 32.7 Å². The Hall–Kier alpha value is -1.12. The molecule has 1 N–H and O–H groups in total. The molecule has 0 amide bonds. The molecule has 1 heterocycles. The maximum atomic E-state index is 5.38. The summed E-state index contributed by atoms with van der Waals surface area (Å²) < 4.78 is 5.38. The van der Waals surface area contributed by atoms with Crippen LogP contribution < -0.4 is 5.32 Å². The molecule has 1 aliphatic rings. The zero-order valence-electron chi connectivity index (χ0n) is 8.91. The van der Waals surface area contributed by atoms with Crippen molar-refractivity contribution in [1.82, 2.24) is 5.32 Å². The molecule has 2 heteroatoms. The summed E-state index contributed by atoms with van der Waals surface area (Å²) in [4.78, 5) is 0. The van der Waals surface area contributed by atoms with E-state index in [1.54, 1.807) is 0 Å². The van der Waals surface area contributed by atoms with Crippen LogP contribution in [-0.2, 0) is 11.3 Å². The molecule has 15 heavy (non-hydrogen) atoms. The Bertz CT molecular complexity index is 319. The summed E-state index contributed by atoms with van der Waals surface area (Å²) in [5.74, 6) is 0. The van der Waals surface area contributed by atoms with Gasteiger partial charge in [-0.05, 0) is 17.6 Å². The van der Waals surface area contributed by atoms with Gasteiger partial charge in [-0.2, -0.15) is 0 Å². The Morgan fingerprint density at radius 1 is 1.13 bits per heavy atom. The third-order valence-electron chi connectivity index (χ3n) is 2.51. The van der Waals surface area contributed by atoms with Crippen LogP contribution in [-0.4, -0.2) is 19.8 Å². The highest BCUT2D eigenvalue weighted by Gasteiger charge is 2.02. The first kappa shape index (κ1) is 10.4. The average Bonchev–Trinajstić information content (AvgIpc) is 2.32. The molecule has 0 aliphatic carbocycles. The van der Waals surface area contributed by atoms with E-state index in [4.69, 9.17) is 4.74 Å². The zero-order valence-corrected chi connectivity index (χ0v) is 8.91. The van der Waals surface area contributed by atoms with Crippen molar-refractivity contribution in [3.8, 4) is 0 Å². The zero-order chi connectivity index (χ0) is 10.3. The lowest BCUT2D eigenvalue weighted by Gasteiger charge is -2.14. The second-order valence-electron chi connectivity index (χ2n) is 3.79. The lowest BCUT2D eigenvalue weighted by molar-refractivity contribution is 0.149. The number of ether oxygens (including phenoxy) is 1. The van der Waals surface area contributed by atoms with Gasteiger partial charge in [-0.15, -0.1) is 0 Å². The first-order valence-electron chi connectivity index (χ1n) is 5.45. The minimum Gasteiger partial charge on any atom is -0.377 e. The van der Waals surface area contributed by atoms with Crippen molar-refractivity contribution in [2.75, 3.05) is 19.8 Å². The second kappa shape index (κ2) is 5.69. The summed E-state index contributed by atoms with van der Waals surface area (Å²) in [6.07, 6.45) is 3.34. The summed E-state index contributed by atoms with van der Waals surface area (Å²) in [5.41, 5.74) is 2.70. The van der Waals surface area contributed by atoms with Gasteiger partial charge in [0.2, 0.25) is 0 Å². The lowest BCUT2D eigenvalue weighted by Crippen LogP contribution is -2.20. The third kappa shape index (κ3) is 3.50. The SMILES string of the molecule is C1=C(CNCc2ccccc2)COCC1. The Kier molecular flexibility index (Phi) is 3.94. The molecule has 80 valence electrons. The normalized spacial score (nSPS) is 16.1. The van der Waals surface area contributed by atoms with Gasteiger partial charge in [-0.25, -0.2) is 0 Å². The number of nitrogens with one attached hydrogen (secondary N) is 1. The van der Waals surface area contributed by atoms with Crippen LogP contribution in [0.4, 0.5) is 0 Å². The van der Waals surface area contributed by atoms with Crippen LogP contribution in [0.15, 0.2) is 42.0 Å². The highest BCUT2D eigenvalue weighted by atomic mass is 16.5. The minimum absolute atomic E-state index is 0.793. The van der Waals surface area contributed by atoms with Gasteiger partial charge >= 0.3 is 0 Å². The van der Waals surface area contributed by atoms with Gasteiger partial charge < -0.3 is 10.1 Å². The highest BCUT2D eigenvalue weighted by molar-refractivity contribution is 5.15. The Morgan fingerprint density at radius 2 is 2.00 bits per heavy atom. The Balaban J connectivity index is 1.73. The molecule has 2 nitrogen and oxygen atoms in total. The average molecular weight is 203 g/mol. The van der Waals surface area contributed by atoms with E-state index in [-0.39, 0.29) is 0 Å². The molecule has 2 rings (SSSR count). The van der Waals surface area contributed by atoms with Gasteiger partial charge in [0.15, 0.2) is 0 Å². The van der Waals surface area contributed by atoms with Crippen molar-refractivity contribution in [2.45, 2.75) is 13.0 Å². The van der Waals surface area contributed by atoms with E-state index in [0.29, 0.717) is 0 Å². The van der Waals surface area contributed by atoms with Crippen molar-refractivity contribution < 1.29 is 4.74 Å². The van der Waals surface area contributed by atoms with E-state index < -0.39 is 0 Å². The fourth-order valence-corrected chi connectivity index (χ4v) is 1.70. The first-order chi connectivity index (χ1) is 7.45. The molecule has 1 aliphatic heterocycles. The largest absolute Gasteiger partial charge is 0.377 e. The monoisotopic (exact) mass is 203 g/mol. The van der Waals surface area contributed by atoms with E-state index in [2.05, 4.69) is 35.7 Å². The Labute approximate surface area is 91.0 Å². The van der Waals surface area contributed by atoms with Crippen LogP contribution in [0.3, 0.4) is 0 Å². The summed E-state index contributed by atoms with van der Waals surface area (Å²) in [7, 11) is 0. The maximum absolute atomic E-state index is 5.38. The lowest BCUT2D eigenvalue weighted by atomic mass is 10.2. The number of rotatable bonds is 4. The molecule has 0 spiro atoms. The van der Waals surface area contributed by atoms with Crippen LogP contribution in [0.5, 0.6) is 0 Å². The molecular formula is C13H17NO. The van der Waals surface area contributed by atoms with Gasteiger partial charge in [0.25, 0.3) is 0 Å². The predicted octanol–water partition coefficient (Wildman–Crippen LogP) is 2.12. The van der Waals surface area contributed by atoms with Crippen molar-refractivity contribution in [2.24, 2.45) is 0 Å². The number of hydrogen-bond acceptors (Lipinski definition) is 2. The fourth-order valence-electron chi connectivity index (χ4n) is 1.70. The van der Waals surface area contributed by atoms with Crippen LogP contribution in [0.2, 0.25) is 0 Å². The maximum Gasteiger partial charge on any atom is 0.0689 e. The van der Waals surface area contributed by atoms with Crippen LogP contribution in [0.1, 0.15) is 12.0 Å². The van der Waals surface area contributed by atoms with Gasteiger partial charge in [-0.3, -0.25) is 0 Å². The van der Waals surface area contributed by atoms with Crippen molar-refractivity contribution in [3.63, 3.8) is 0 Å². The second-order valence-corrected chi connectivity index (χ2v) is 3.79. The molecule has 0 saturated heterocycles. The predicted molar refractivity (Wildman–Crippen MR) is 61.7 cm³/mol. The quantitative estimate of drug-likeness (QED) is 0.757. The highest BCUT2D eigenvalue weighted by Crippen LogP contribution is 2.04. The smallest absolute Gasteiger partial charge is 0.0689 e. The third-order valence-corrected chi connectivity index (χ3v) is 2.51. The number of benzene rings is 1. The van der Waals surface area contributed by atoms with Crippen molar-refractivity contribution in [3.05, 3.63) is 47.5 Å².